The van der Waals surface area contributed by atoms with Crippen LogP contribution in [0.25, 0.3) is 22.0 Å². The van der Waals surface area contributed by atoms with E-state index < -0.39 is 0 Å². The van der Waals surface area contributed by atoms with Gasteiger partial charge in [-0.15, -0.1) is 12.4 Å². The fraction of sp³-hybridized carbons (Fsp3) is 0.300. The lowest BCUT2D eigenvalue weighted by molar-refractivity contribution is 0.148. The lowest BCUT2D eigenvalue weighted by Gasteiger charge is -2.27. The fourth-order valence-corrected chi connectivity index (χ4v) is 3.41. The molecule has 3 aromatic rings. The van der Waals surface area contributed by atoms with Gasteiger partial charge in [-0.2, -0.15) is 0 Å². The zero-order valence-electron chi connectivity index (χ0n) is 14.0. The Morgan fingerprint density at radius 2 is 1.80 bits per heavy atom. The zero-order chi connectivity index (χ0) is 16.4. The van der Waals surface area contributed by atoms with Gasteiger partial charge in [-0.25, -0.2) is 0 Å². The molecule has 2 N–H and O–H groups in total. The Kier molecular flexibility index (Phi) is 5.51. The SMILES string of the molecule is Cl.NC1CCC(Oc2ccc3cnccc3c2-c2ccccn2)CC1. The topological polar surface area (TPSA) is 61.0 Å². The number of nitrogens with zero attached hydrogens (tertiary/aromatic N) is 2. The van der Waals surface area contributed by atoms with Crippen LogP contribution >= 0.6 is 12.4 Å². The van der Waals surface area contributed by atoms with E-state index in [-0.39, 0.29) is 18.5 Å². The number of pyridine rings is 2. The molecule has 1 aromatic carbocycles. The Morgan fingerprint density at radius 3 is 2.56 bits per heavy atom. The van der Waals surface area contributed by atoms with E-state index in [4.69, 9.17) is 10.5 Å². The third-order valence-corrected chi connectivity index (χ3v) is 4.72. The maximum Gasteiger partial charge on any atom is 0.129 e. The van der Waals surface area contributed by atoms with Crippen molar-refractivity contribution in [3.05, 3.63) is 55.0 Å². The van der Waals surface area contributed by atoms with Crippen molar-refractivity contribution < 1.29 is 4.74 Å². The molecule has 0 bridgehead atoms. The lowest BCUT2D eigenvalue weighted by Crippen LogP contribution is -2.31. The molecular weight excluding hydrogens is 334 g/mol. The molecule has 4 rings (SSSR count). The van der Waals surface area contributed by atoms with E-state index in [9.17, 15) is 0 Å². The summed E-state index contributed by atoms with van der Waals surface area (Å²) in [6, 6.07) is 12.4. The molecule has 1 saturated carbocycles. The predicted molar refractivity (Wildman–Crippen MR) is 103 cm³/mol. The normalized spacial score (nSPS) is 20.0. The third kappa shape index (κ3) is 3.75. The summed E-state index contributed by atoms with van der Waals surface area (Å²) in [6.07, 6.45) is 9.82. The highest BCUT2D eigenvalue weighted by Crippen LogP contribution is 2.37. The third-order valence-electron chi connectivity index (χ3n) is 4.72. The van der Waals surface area contributed by atoms with Gasteiger partial charge in [0.2, 0.25) is 0 Å². The highest BCUT2D eigenvalue weighted by molar-refractivity contribution is 5.98. The Morgan fingerprint density at radius 1 is 0.960 bits per heavy atom. The van der Waals surface area contributed by atoms with Crippen LogP contribution in [0.3, 0.4) is 0 Å². The number of aromatic nitrogens is 2. The Bertz CT molecular complexity index is 833. The summed E-state index contributed by atoms with van der Waals surface area (Å²) < 4.78 is 6.38. The van der Waals surface area contributed by atoms with Crippen LogP contribution in [-0.2, 0) is 0 Å². The molecule has 1 fully saturated rings. The van der Waals surface area contributed by atoms with Crippen LogP contribution in [0.1, 0.15) is 25.7 Å². The molecule has 1 aliphatic rings. The van der Waals surface area contributed by atoms with Gasteiger partial charge < -0.3 is 10.5 Å². The van der Waals surface area contributed by atoms with Gasteiger partial charge in [0, 0.05) is 30.0 Å². The van der Waals surface area contributed by atoms with Gasteiger partial charge >= 0.3 is 0 Å². The summed E-state index contributed by atoms with van der Waals surface area (Å²) in [5.41, 5.74) is 7.99. The second-order valence-corrected chi connectivity index (χ2v) is 6.41. The summed E-state index contributed by atoms with van der Waals surface area (Å²) >= 11 is 0. The summed E-state index contributed by atoms with van der Waals surface area (Å²) in [7, 11) is 0. The number of benzene rings is 1. The van der Waals surface area contributed by atoms with Crippen molar-refractivity contribution in [3.63, 3.8) is 0 Å². The second kappa shape index (κ2) is 7.81. The highest BCUT2D eigenvalue weighted by Gasteiger charge is 2.22. The van der Waals surface area contributed by atoms with Crippen LogP contribution < -0.4 is 10.5 Å². The maximum absolute atomic E-state index is 6.38. The minimum absolute atomic E-state index is 0. The molecule has 0 unspecified atom stereocenters. The van der Waals surface area contributed by atoms with Crippen LogP contribution in [0, 0.1) is 0 Å². The van der Waals surface area contributed by atoms with Gasteiger partial charge in [0.05, 0.1) is 17.4 Å². The number of ether oxygens (including phenoxy) is 1. The molecule has 0 amide bonds. The van der Waals surface area contributed by atoms with Crippen LogP contribution in [0.5, 0.6) is 5.75 Å². The first-order valence-electron chi connectivity index (χ1n) is 8.51. The molecule has 4 nitrogen and oxygen atoms in total. The maximum atomic E-state index is 6.38. The summed E-state index contributed by atoms with van der Waals surface area (Å²) in [5.74, 6) is 0.896. The first-order valence-corrected chi connectivity index (χ1v) is 8.51. The molecular formula is C20H22ClN3O. The number of rotatable bonds is 3. The summed E-state index contributed by atoms with van der Waals surface area (Å²) in [5, 5.41) is 2.21. The van der Waals surface area contributed by atoms with Crippen LogP contribution in [-0.4, -0.2) is 22.1 Å². The molecule has 0 radical (unpaired) electrons. The first kappa shape index (κ1) is 17.6. The average molecular weight is 356 g/mol. The molecule has 0 atom stereocenters. The van der Waals surface area contributed by atoms with Crippen molar-refractivity contribution in [3.8, 4) is 17.0 Å². The highest BCUT2D eigenvalue weighted by atomic mass is 35.5. The molecule has 0 spiro atoms. The Labute approximate surface area is 153 Å². The molecule has 25 heavy (non-hydrogen) atoms. The fourth-order valence-electron chi connectivity index (χ4n) is 3.41. The molecule has 0 saturated heterocycles. The number of hydrogen-bond acceptors (Lipinski definition) is 4. The summed E-state index contributed by atoms with van der Waals surface area (Å²) in [4.78, 5) is 8.77. The van der Waals surface area contributed by atoms with Crippen molar-refractivity contribution in [2.75, 3.05) is 0 Å². The van der Waals surface area contributed by atoms with Crippen molar-refractivity contribution in [1.82, 2.24) is 9.97 Å². The average Bonchev–Trinajstić information content (AvgIpc) is 2.64. The van der Waals surface area contributed by atoms with Crippen LogP contribution in [0.15, 0.2) is 55.0 Å². The monoisotopic (exact) mass is 355 g/mol. The standard InChI is InChI=1S/C20H21N3O.ClH/c21-15-5-7-16(8-6-15)24-19-9-4-14-13-22-12-10-17(14)20(19)18-3-1-2-11-23-18;/h1-4,9-13,15-16H,5-8,21H2;1H. The van der Waals surface area contributed by atoms with Gasteiger partial charge in [-0.1, -0.05) is 6.07 Å². The van der Waals surface area contributed by atoms with E-state index in [0.29, 0.717) is 6.04 Å². The van der Waals surface area contributed by atoms with E-state index in [1.165, 1.54) is 0 Å². The quantitative estimate of drug-likeness (QED) is 0.757. The first-order chi connectivity index (χ1) is 11.8. The largest absolute Gasteiger partial charge is 0.490 e. The van der Waals surface area contributed by atoms with Gasteiger partial charge in [0.15, 0.2) is 0 Å². The minimum atomic E-state index is 0. The molecule has 1 aliphatic carbocycles. The van der Waals surface area contributed by atoms with Gasteiger partial charge in [-0.05, 0) is 61.4 Å². The Hall–Kier alpha value is -2.17. The van der Waals surface area contributed by atoms with Gasteiger partial charge in [0.25, 0.3) is 0 Å². The zero-order valence-corrected chi connectivity index (χ0v) is 14.8. The van der Waals surface area contributed by atoms with E-state index in [1.54, 1.807) is 0 Å². The van der Waals surface area contributed by atoms with E-state index in [0.717, 1.165) is 53.5 Å². The van der Waals surface area contributed by atoms with Crippen molar-refractivity contribution in [2.45, 2.75) is 37.8 Å². The number of nitrogens with two attached hydrogens (primary N) is 1. The molecule has 5 heteroatoms. The molecule has 130 valence electrons. The van der Waals surface area contributed by atoms with Crippen molar-refractivity contribution >= 4 is 23.2 Å². The summed E-state index contributed by atoms with van der Waals surface area (Å²) in [6.45, 7) is 0. The predicted octanol–water partition coefficient (Wildman–Crippen LogP) is 4.37. The molecule has 2 aromatic heterocycles. The van der Waals surface area contributed by atoms with Gasteiger partial charge in [0.1, 0.15) is 5.75 Å². The van der Waals surface area contributed by atoms with E-state index in [2.05, 4.69) is 16.0 Å². The Balaban J connectivity index is 0.00000182. The van der Waals surface area contributed by atoms with E-state index in [1.807, 2.05) is 48.9 Å². The van der Waals surface area contributed by atoms with Crippen molar-refractivity contribution in [2.24, 2.45) is 5.73 Å². The van der Waals surface area contributed by atoms with Crippen LogP contribution in [0.4, 0.5) is 0 Å². The van der Waals surface area contributed by atoms with E-state index >= 15 is 0 Å². The van der Waals surface area contributed by atoms with Crippen molar-refractivity contribution in [1.29, 1.82) is 0 Å². The molecule has 2 heterocycles. The molecule has 0 aliphatic heterocycles. The minimum Gasteiger partial charge on any atom is -0.490 e. The number of hydrogen-bond donors (Lipinski definition) is 1. The smallest absolute Gasteiger partial charge is 0.129 e. The number of halogens is 1. The second-order valence-electron chi connectivity index (χ2n) is 6.41. The lowest BCUT2D eigenvalue weighted by atomic mass is 9.93. The van der Waals surface area contributed by atoms with Crippen LogP contribution in [0.2, 0.25) is 0 Å². The van der Waals surface area contributed by atoms with Gasteiger partial charge in [-0.3, -0.25) is 9.97 Å². The number of fused-ring (bicyclic) bond motifs is 1.